The normalized spacial score (nSPS) is 19.3. The average Bonchev–Trinajstić information content (AvgIpc) is 3.35. The summed E-state index contributed by atoms with van der Waals surface area (Å²) in [6.07, 6.45) is 1.08. The van der Waals surface area contributed by atoms with E-state index in [9.17, 15) is 4.79 Å². The van der Waals surface area contributed by atoms with Gasteiger partial charge in [-0.1, -0.05) is 44.2 Å². The maximum atomic E-state index is 13.3. The quantitative estimate of drug-likeness (QED) is 0.263. The van der Waals surface area contributed by atoms with Crippen molar-refractivity contribution in [3.63, 3.8) is 0 Å². The zero-order chi connectivity index (χ0) is 27.4. The Kier molecular flexibility index (Phi) is 8.19. The molecule has 0 radical (unpaired) electrons. The summed E-state index contributed by atoms with van der Waals surface area (Å²) in [7, 11) is 3.17. The van der Waals surface area contributed by atoms with Gasteiger partial charge in [0.1, 0.15) is 46.2 Å². The molecule has 0 N–H and O–H groups in total. The molecular weight excluding hydrogens is 496 g/mol. The molecule has 7 nitrogen and oxygen atoms in total. The highest BCUT2D eigenvalue weighted by Crippen LogP contribution is 2.51. The van der Waals surface area contributed by atoms with E-state index in [0.29, 0.717) is 41.4 Å². The Balaban J connectivity index is 0.00000151. The molecule has 204 valence electrons. The number of ether oxygens (including phenoxy) is 5. The molecule has 0 bridgehead atoms. The number of fused-ring (bicyclic) bond motifs is 4. The Bertz CT molecular complexity index is 1460. The Morgan fingerprint density at radius 2 is 1.69 bits per heavy atom. The van der Waals surface area contributed by atoms with E-state index in [4.69, 9.17) is 28.1 Å². The molecule has 1 saturated heterocycles. The highest BCUT2D eigenvalue weighted by molar-refractivity contribution is 5.89. The Hall–Kier alpha value is -3.81. The van der Waals surface area contributed by atoms with Gasteiger partial charge in [-0.25, -0.2) is 0 Å². The average molecular weight is 531 g/mol. The van der Waals surface area contributed by atoms with Crippen molar-refractivity contribution >= 4 is 11.0 Å². The smallest absolute Gasteiger partial charge is 0.197 e. The van der Waals surface area contributed by atoms with Crippen molar-refractivity contribution < 1.29 is 28.1 Å². The second-order valence-corrected chi connectivity index (χ2v) is 9.31. The van der Waals surface area contributed by atoms with Gasteiger partial charge < -0.3 is 28.1 Å². The predicted molar refractivity (Wildman–Crippen MR) is 150 cm³/mol. The Morgan fingerprint density at radius 3 is 2.41 bits per heavy atom. The third-order valence-electron chi connectivity index (χ3n) is 6.98. The van der Waals surface area contributed by atoms with E-state index in [-0.39, 0.29) is 23.7 Å². The van der Waals surface area contributed by atoms with Crippen molar-refractivity contribution in [2.75, 3.05) is 20.8 Å². The van der Waals surface area contributed by atoms with Crippen LogP contribution in [0.25, 0.3) is 22.3 Å². The van der Waals surface area contributed by atoms with Gasteiger partial charge in [-0.2, -0.15) is 0 Å². The third kappa shape index (κ3) is 5.37. The van der Waals surface area contributed by atoms with Crippen LogP contribution in [0.4, 0.5) is 0 Å². The molecule has 6 rings (SSSR count). The Labute approximate surface area is 228 Å². The van der Waals surface area contributed by atoms with Crippen molar-refractivity contribution in [3.05, 3.63) is 88.1 Å². The highest BCUT2D eigenvalue weighted by Gasteiger charge is 2.43. The number of methoxy groups -OCH3 is 2. The van der Waals surface area contributed by atoms with Crippen LogP contribution in [0.3, 0.4) is 0 Å². The summed E-state index contributed by atoms with van der Waals surface area (Å²) in [5.74, 6) is 2.26. The zero-order valence-corrected chi connectivity index (χ0v) is 22.8. The highest BCUT2D eigenvalue weighted by atomic mass is 16.6. The van der Waals surface area contributed by atoms with E-state index < -0.39 is 0 Å². The molecular formula is C32H34O7. The lowest BCUT2D eigenvalue weighted by Gasteiger charge is -2.31. The van der Waals surface area contributed by atoms with E-state index in [1.54, 1.807) is 20.3 Å². The summed E-state index contributed by atoms with van der Waals surface area (Å²) in [6.45, 7) is 5.02. The van der Waals surface area contributed by atoms with Crippen LogP contribution in [0.1, 0.15) is 43.9 Å². The molecule has 39 heavy (non-hydrogen) atoms. The summed E-state index contributed by atoms with van der Waals surface area (Å²) in [6, 6.07) is 20.7. The number of hydrogen-bond acceptors (Lipinski definition) is 7. The van der Waals surface area contributed by atoms with Crippen molar-refractivity contribution in [1.29, 1.82) is 0 Å². The SMILES string of the molecule is CC.COc1ccc(-c2cc(=O)c3c(OC)c4c(cc3o2)O[C@H]2CC[C@@H](COCc3ccccc3)OC42)cc1. The van der Waals surface area contributed by atoms with Gasteiger partial charge in [0.05, 0.1) is 39.1 Å². The van der Waals surface area contributed by atoms with Gasteiger partial charge in [0, 0.05) is 17.7 Å². The van der Waals surface area contributed by atoms with Gasteiger partial charge in [0.15, 0.2) is 5.43 Å². The number of hydrogen-bond donors (Lipinski definition) is 0. The van der Waals surface area contributed by atoms with Crippen LogP contribution in [0, 0.1) is 0 Å². The van der Waals surface area contributed by atoms with Gasteiger partial charge in [-0.15, -0.1) is 0 Å². The molecule has 3 aromatic carbocycles. The first-order valence-corrected chi connectivity index (χ1v) is 13.4. The molecule has 2 aliphatic rings. The molecule has 0 spiro atoms. The molecule has 0 amide bonds. The van der Waals surface area contributed by atoms with Crippen molar-refractivity contribution in [3.8, 4) is 28.6 Å². The van der Waals surface area contributed by atoms with Crippen LogP contribution in [0.2, 0.25) is 0 Å². The van der Waals surface area contributed by atoms with Gasteiger partial charge in [0.25, 0.3) is 0 Å². The fraction of sp³-hybridized carbons (Fsp3) is 0.344. The first-order chi connectivity index (χ1) is 19.1. The van der Waals surface area contributed by atoms with Gasteiger partial charge in [0.2, 0.25) is 0 Å². The topological polar surface area (TPSA) is 76.4 Å². The fourth-order valence-electron chi connectivity index (χ4n) is 5.16. The van der Waals surface area contributed by atoms with Crippen LogP contribution >= 0.6 is 0 Å². The summed E-state index contributed by atoms with van der Waals surface area (Å²) >= 11 is 0. The molecule has 1 aromatic heterocycles. The summed E-state index contributed by atoms with van der Waals surface area (Å²) in [4.78, 5) is 13.3. The monoisotopic (exact) mass is 530 g/mol. The summed E-state index contributed by atoms with van der Waals surface area (Å²) < 4.78 is 35.9. The number of benzene rings is 3. The molecule has 1 unspecified atom stereocenters. The van der Waals surface area contributed by atoms with Crippen molar-refractivity contribution in [2.24, 2.45) is 0 Å². The summed E-state index contributed by atoms with van der Waals surface area (Å²) in [5, 5.41) is 0.383. The molecule has 0 saturated carbocycles. The molecule has 2 aliphatic heterocycles. The molecule has 3 heterocycles. The van der Waals surface area contributed by atoms with Gasteiger partial charge in [-0.3, -0.25) is 4.79 Å². The first-order valence-electron chi connectivity index (χ1n) is 13.4. The van der Waals surface area contributed by atoms with Gasteiger partial charge >= 0.3 is 0 Å². The lowest BCUT2D eigenvalue weighted by molar-refractivity contribution is -0.121. The zero-order valence-electron chi connectivity index (χ0n) is 22.8. The van der Waals surface area contributed by atoms with Crippen LogP contribution in [-0.4, -0.2) is 33.0 Å². The van der Waals surface area contributed by atoms with E-state index in [1.165, 1.54) is 6.07 Å². The van der Waals surface area contributed by atoms with Crippen molar-refractivity contribution in [2.45, 2.75) is 51.6 Å². The minimum Gasteiger partial charge on any atom is -0.497 e. The molecule has 4 aromatic rings. The first kappa shape index (κ1) is 26.8. The van der Waals surface area contributed by atoms with Crippen LogP contribution in [-0.2, 0) is 16.1 Å². The predicted octanol–water partition coefficient (Wildman–Crippen LogP) is 6.70. The van der Waals surface area contributed by atoms with Crippen LogP contribution in [0.5, 0.6) is 17.2 Å². The molecule has 0 aliphatic carbocycles. The summed E-state index contributed by atoms with van der Waals surface area (Å²) in [5.41, 5.74) is 2.89. The van der Waals surface area contributed by atoms with E-state index in [0.717, 1.165) is 35.3 Å². The van der Waals surface area contributed by atoms with E-state index in [1.807, 2.05) is 68.4 Å². The number of rotatable bonds is 7. The van der Waals surface area contributed by atoms with E-state index >= 15 is 0 Å². The van der Waals surface area contributed by atoms with Crippen molar-refractivity contribution in [1.82, 2.24) is 0 Å². The molecule has 7 heteroatoms. The minimum absolute atomic E-state index is 0.0752. The molecule has 3 atom stereocenters. The Morgan fingerprint density at radius 1 is 0.923 bits per heavy atom. The lowest BCUT2D eigenvalue weighted by atomic mass is 9.95. The standard InChI is InChI=1S/C30H28O7.C2H6/c1-32-20-10-8-19(9-11-20)24-14-22(31)27-25(37-24)15-26-28(30(27)33-2)29-23(36-26)13-12-21(35-29)17-34-16-18-6-4-3-5-7-18;1-2/h3-11,14-15,21,23,29H,12-13,16-17H2,1-2H3;1-2H3/t21-,23-,29?;/m0./s1. The second kappa shape index (κ2) is 11.9. The van der Waals surface area contributed by atoms with Crippen LogP contribution in [0.15, 0.2) is 75.9 Å². The third-order valence-corrected chi connectivity index (χ3v) is 6.98. The molecule has 1 fully saturated rings. The minimum atomic E-state index is -0.339. The van der Waals surface area contributed by atoms with E-state index in [2.05, 4.69) is 0 Å². The lowest BCUT2D eigenvalue weighted by Crippen LogP contribution is -2.35. The largest absolute Gasteiger partial charge is 0.497 e. The fourth-order valence-corrected chi connectivity index (χ4v) is 5.16. The second-order valence-electron chi connectivity index (χ2n) is 9.31. The maximum Gasteiger partial charge on any atom is 0.197 e. The van der Waals surface area contributed by atoms with Crippen LogP contribution < -0.4 is 19.6 Å². The van der Waals surface area contributed by atoms with Gasteiger partial charge in [-0.05, 0) is 42.7 Å². The maximum absolute atomic E-state index is 13.3.